The van der Waals surface area contributed by atoms with Crippen LogP contribution < -0.4 is 5.73 Å². The van der Waals surface area contributed by atoms with Crippen molar-refractivity contribution in [2.45, 2.75) is 31.3 Å². The number of nitrogens with zero attached hydrogens (tertiary/aromatic N) is 1. The van der Waals surface area contributed by atoms with Crippen molar-refractivity contribution in [3.63, 3.8) is 0 Å². The van der Waals surface area contributed by atoms with E-state index in [1.54, 1.807) is 13.0 Å². The number of anilines is 1. The Kier molecular flexibility index (Phi) is 4.03. The van der Waals surface area contributed by atoms with Crippen molar-refractivity contribution >= 4 is 27.3 Å². The highest BCUT2D eigenvalue weighted by atomic mass is 35.5. The van der Waals surface area contributed by atoms with Crippen LogP contribution >= 0.6 is 11.6 Å². The maximum Gasteiger partial charge on any atom is 0.243 e. The Labute approximate surface area is 124 Å². The first-order chi connectivity index (χ1) is 9.13. The van der Waals surface area contributed by atoms with Crippen molar-refractivity contribution in [2.24, 2.45) is 0 Å². The zero-order chi connectivity index (χ0) is 15.1. The van der Waals surface area contributed by atoms with Crippen LogP contribution in [0.1, 0.15) is 19.4 Å². The number of halogens is 1. The highest BCUT2D eigenvalue weighted by molar-refractivity contribution is 7.89. The molecule has 2 N–H and O–H groups in total. The number of sulfonamides is 1. The van der Waals surface area contributed by atoms with Crippen molar-refractivity contribution in [3.05, 3.63) is 22.7 Å². The minimum Gasteiger partial charge on any atom is -0.397 e. The predicted octanol–water partition coefficient (Wildman–Crippen LogP) is 2.03. The van der Waals surface area contributed by atoms with Crippen LogP contribution in [0.2, 0.25) is 5.02 Å². The van der Waals surface area contributed by atoms with E-state index in [4.69, 9.17) is 22.1 Å². The third-order valence-corrected chi connectivity index (χ3v) is 5.62. The molecule has 5 nitrogen and oxygen atoms in total. The average molecular weight is 319 g/mol. The fourth-order valence-electron chi connectivity index (χ4n) is 2.26. The molecule has 0 aliphatic carbocycles. The van der Waals surface area contributed by atoms with Crippen molar-refractivity contribution < 1.29 is 13.2 Å². The summed E-state index contributed by atoms with van der Waals surface area (Å²) >= 11 is 5.91. The molecule has 2 rings (SSSR count). The van der Waals surface area contributed by atoms with E-state index in [-0.39, 0.29) is 10.6 Å². The first-order valence-corrected chi connectivity index (χ1v) is 8.15. The minimum atomic E-state index is -3.59. The largest absolute Gasteiger partial charge is 0.397 e. The van der Waals surface area contributed by atoms with Gasteiger partial charge in [-0.1, -0.05) is 11.6 Å². The SMILES string of the molecule is Cc1cc(Cl)c(N)cc1S(=O)(=O)N1CCOC(C)(C)C1. The molecule has 1 aliphatic rings. The molecule has 0 saturated carbocycles. The molecule has 0 unspecified atom stereocenters. The first-order valence-electron chi connectivity index (χ1n) is 6.33. The van der Waals surface area contributed by atoms with Crippen molar-refractivity contribution in [3.8, 4) is 0 Å². The predicted molar refractivity (Wildman–Crippen MR) is 79.4 cm³/mol. The number of morpholine rings is 1. The zero-order valence-electron chi connectivity index (χ0n) is 11.8. The van der Waals surface area contributed by atoms with Gasteiger partial charge in [-0.3, -0.25) is 0 Å². The van der Waals surface area contributed by atoms with Gasteiger partial charge in [0.1, 0.15) is 0 Å². The van der Waals surface area contributed by atoms with E-state index in [9.17, 15) is 8.42 Å². The monoisotopic (exact) mass is 318 g/mol. The Morgan fingerprint density at radius 1 is 1.40 bits per heavy atom. The number of rotatable bonds is 2. The van der Waals surface area contributed by atoms with Crippen LogP contribution in [0.5, 0.6) is 0 Å². The average Bonchev–Trinajstić information content (AvgIpc) is 2.32. The van der Waals surface area contributed by atoms with Crippen molar-refractivity contribution in [1.82, 2.24) is 4.31 Å². The van der Waals surface area contributed by atoms with Crippen LogP contribution in [0.3, 0.4) is 0 Å². The highest BCUT2D eigenvalue weighted by Crippen LogP contribution is 2.30. The van der Waals surface area contributed by atoms with Gasteiger partial charge in [0.15, 0.2) is 0 Å². The van der Waals surface area contributed by atoms with Gasteiger partial charge in [-0.15, -0.1) is 0 Å². The molecule has 0 bridgehead atoms. The quantitative estimate of drug-likeness (QED) is 0.847. The Hall–Kier alpha value is -0.820. The third kappa shape index (κ3) is 2.93. The molecular formula is C13H19ClN2O3S. The van der Waals surface area contributed by atoms with E-state index in [2.05, 4.69) is 0 Å². The summed E-state index contributed by atoms with van der Waals surface area (Å²) in [6.45, 7) is 6.50. The van der Waals surface area contributed by atoms with Crippen LogP contribution in [0.15, 0.2) is 17.0 Å². The number of hydrogen-bond acceptors (Lipinski definition) is 4. The van der Waals surface area contributed by atoms with Gasteiger partial charge >= 0.3 is 0 Å². The topological polar surface area (TPSA) is 72.6 Å². The van der Waals surface area contributed by atoms with Crippen molar-refractivity contribution in [2.75, 3.05) is 25.4 Å². The fourth-order valence-corrected chi connectivity index (χ4v) is 4.30. The van der Waals surface area contributed by atoms with E-state index >= 15 is 0 Å². The van der Waals surface area contributed by atoms with Gasteiger partial charge in [-0.05, 0) is 38.5 Å². The summed E-state index contributed by atoms with van der Waals surface area (Å²) in [6.07, 6.45) is 0. The maximum atomic E-state index is 12.7. The Morgan fingerprint density at radius 2 is 2.05 bits per heavy atom. The summed E-state index contributed by atoms with van der Waals surface area (Å²) in [7, 11) is -3.59. The number of ether oxygens (including phenoxy) is 1. The van der Waals surface area contributed by atoms with Crippen LogP contribution in [-0.4, -0.2) is 38.0 Å². The van der Waals surface area contributed by atoms with Gasteiger partial charge < -0.3 is 10.5 Å². The number of aryl methyl sites for hydroxylation is 1. The molecule has 0 aromatic heterocycles. The molecule has 1 aliphatic heterocycles. The van der Waals surface area contributed by atoms with E-state index < -0.39 is 15.6 Å². The second-order valence-electron chi connectivity index (χ2n) is 5.59. The van der Waals surface area contributed by atoms with Gasteiger partial charge in [0.2, 0.25) is 10.0 Å². The standard InChI is InChI=1S/C13H19ClN2O3S/c1-9-6-10(14)11(15)7-12(9)20(17,18)16-4-5-19-13(2,3)8-16/h6-7H,4-5,8,15H2,1-3H3. The second kappa shape index (κ2) is 5.18. The lowest BCUT2D eigenvalue weighted by atomic mass is 10.1. The van der Waals surface area contributed by atoms with Gasteiger partial charge in [-0.2, -0.15) is 4.31 Å². The molecule has 1 aromatic rings. The molecule has 0 radical (unpaired) electrons. The Balaban J connectivity index is 2.43. The fraction of sp³-hybridized carbons (Fsp3) is 0.538. The summed E-state index contributed by atoms with van der Waals surface area (Å²) in [5, 5.41) is 0.365. The van der Waals surface area contributed by atoms with E-state index in [0.29, 0.717) is 30.3 Å². The lowest BCUT2D eigenvalue weighted by molar-refractivity contribution is -0.0640. The van der Waals surface area contributed by atoms with Gasteiger partial charge in [-0.25, -0.2) is 8.42 Å². The molecule has 20 heavy (non-hydrogen) atoms. The van der Waals surface area contributed by atoms with Gasteiger partial charge in [0.05, 0.1) is 27.8 Å². The van der Waals surface area contributed by atoms with Crippen LogP contribution in [0, 0.1) is 6.92 Å². The lowest BCUT2D eigenvalue weighted by Crippen LogP contribution is -2.50. The van der Waals surface area contributed by atoms with Crippen LogP contribution in [0.25, 0.3) is 0 Å². The summed E-state index contributed by atoms with van der Waals surface area (Å²) in [6, 6.07) is 3.00. The minimum absolute atomic E-state index is 0.206. The number of hydrogen-bond donors (Lipinski definition) is 1. The smallest absolute Gasteiger partial charge is 0.243 e. The Bertz CT molecular complexity index is 629. The third-order valence-electron chi connectivity index (χ3n) is 3.30. The molecule has 0 atom stereocenters. The molecule has 1 heterocycles. The molecule has 112 valence electrons. The molecule has 1 aromatic carbocycles. The second-order valence-corrected chi connectivity index (χ2v) is 7.90. The first kappa shape index (κ1) is 15.6. The molecule has 1 saturated heterocycles. The maximum absolute atomic E-state index is 12.7. The molecule has 0 spiro atoms. The van der Waals surface area contributed by atoms with Crippen LogP contribution in [0.4, 0.5) is 5.69 Å². The molecule has 7 heteroatoms. The summed E-state index contributed by atoms with van der Waals surface area (Å²) < 4.78 is 32.4. The molecule has 0 amide bonds. The normalized spacial score (nSPS) is 20.0. The summed E-state index contributed by atoms with van der Waals surface area (Å²) in [4.78, 5) is 0.206. The molecule has 1 fully saturated rings. The summed E-state index contributed by atoms with van der Waals surface area (Å²) in [5.74, 6) is 0. The van der Waals surface area contributed by atoms with Crippen LogP contribution in [-0.2, 0) is 14.8 Å². The van der Waals surface area contributed by atoms with Gasteiger partial charge in [0.25, 0.3) is 0 Å². The number of benzene rings is 1. The van der Waals surface area contributed by atoms with E-state index in [1.807, 2.05) is 13.8 Å². The van der Waals surface area contributed by atoms with E-state index in [1.165, 1.54) is 10.4 Å². The summed E-state index contributed by atoms with van der Waals surface area (Å²) in [5.41, 5.74) is 6.10. The number of nitrogens with two attached hydrogens (primary N) is 1. The van der Waals surface area contributed by atoms with Crippen molar-refractivity contribution in [1.29, 1.82) is 0 Å². The highest BCUT2D eigenvalue weighted by Gasteiger charge is 2.35. The van der Waals surface area contributed by atoms with Gasteiger partial charge in [0, 0.05) is 13.1 Å². The Morgan fingerprint density at radius 3 is 2.65 bits per heavy atom. The number of nitrogen functional groups attached to an aromatic ring is 1. The zero-order valence-corrected chi connectivity index (χ0v) is 13.4. The van der Waals surface area contributed by atoms with E-state index in [0.717, 1.165) is 0 Å². The molecular weight excluding hydrogens is 300 g/mol. The lowest BCUT2D eigenvalue weighted by Gasteiger charge is -2.37.